The van der Waals surface area contributed by atoms with Crippen molar-refractivity contribution in [1.82, 2.24) is 5.48 Å². The van der Waals surface area contributed by atoms with Crippen LogP contribution in [0.15, 0.2) is 0 Å². The molecule has 0 saturated carbocycles. The van der Waals surface area contributed by atoms with E-state index in [0.29, 0.717) is 19.8 Å². The Morgan fingerprint density at radius 3 is 3.00 bits per heavy atom. The second-order valence-electron chi connectivity index (χ2n) is 1.38. The van der Waals surface area contributed by atoms with E-state index in [1.165, 1.54) is 0 Å². The Labute approximate surface area is 55.3 Å². The van der Waals surface area contributed by atoms with Crippen LogP contribution in [0.1, 0.15) is 0 Å². The summed E-state index contributed by atoms with van der Waals surface area (Å²) in [5.74, 6) is 2.32. The molecule has 0 amide bonds. The number of hydrogen-bond acceptors (Lipinski definition) is 3. The zero-order valence-electron chi connectivity index (χ0n) is 5.52. The Kier molecular flexibility index (Phi) is 6.98. The fourth-order valence-corrected chi connectivity index (χ4v) is 0.309. The lowest BCUT2D eigenvalue weighted by atomic mass is 10.7. The highest BCUT2D eigenvalue weighted by atomic mass is 16.6. The van der Waals surface area contributed by atoms with Crippen molar-refractivity contribution in [3.05, 3.63) is 0 Å². The highest BCUT2D eigenvalue weighted by Crippen LogP contribution is 1.65. The van der Waals surface area contributed by atoms with Gasteiger partial charge in [-0.05, 0) is 0 Å². The van der Waals surface area contributed by atoms with Crippen LogP contribution in [0.25, 0.3) is 0 Å². The molecular formula is C6H11NO2. The van der Waals surface area contributed by atoms with Crippen LogP contribution in [0.2, 0.25) is 0 Å². The number of methoxy groups -OCH3 is 1. The van der Waals surface area contributed by atoms with Crippen LogP contribution in [0.3, 0.4) is 0 Å². The molecule has 3 heteroatoms. The van der Waals surface area contributed by atoms with E-state index in [1.54, 1.807) is 7.11 Å². The van der Waals surface area contributed by atoms with E-state index in [0.717, 1.165) is 0 Å². The first-order chi connectivity index (χ1) is 4.41. The van der Waals surface area contributed by atoms with Gasteiger partial charge in [0.1, 0.15) is 6.61 Å². The second kappa shape index (κ2) is 7.44. The van der Waals surface area contributed by atoms with Crippen LogP contribution < -0.4 is 5.48 Å². The van der Waals surface area contributed by atoms with E-state index < -0.39 is 0 Å². The van der Waals surface area contributed by atoms with Crippen molar-refractivity contribution in [1.29, 1.82) is 0 Å². The molecule has 0 aromatic carbocycles. The second-order valence-corrected chi connectivity index (χ2v) is 1.38. The number of terminal acetylenes is 1. The normalized spacial score (nSPS) is 8.89. The van der Waals surface area contributed by atoms with Crippen molar-refractivity contribution in [2.24, 2.45) is 0 Å². The third-order valence-electron chi connectivity index (χ3n) is 0.666. The van der Waals surface area contributed by atoms with Crippen LogP contribution in [0.4, 0.5) is 0 Å². The minimum Gasteiger partial charge on any atom is -0.383 e. The standard InChI is InChI=1S/C6H11NO2/c1-3-5-9-7-4-6-8-2/h1,7H,4-6H2,2H3. The van der Waals surface area contributed by atoms with Gasteiger partial charge in [-0.1, -0.05) is 5.92 Å². The molecule has 0 unspecified atom stereocenters. The van der Waals surface area contributed by atoms with Crippen LogP contribution in [0, 0.1) is 12.3 Å². The van der Waals surface area contributed by atoms with Crippen molar-refractivity contribution in [3.8, 4) is 12.3 Å². The number of hydrogen-bond donors (Lipinski definition) is 1. The van der Waals surface area contributed by atoms with Crippen molar-refractivity contribution >= 4 is 0 Å². The van der Waals surface area contributed by atoms with E-state index in [2.05, 4.69) is 11.4 Å². The molecule has 0 rings (SSSR count). The smallest absolute Gasteiger partial charge is 0.128 e. The number of rotatable bonds is 5. The molecule has 0 heterocycles. The Hall–Kier alpha value is -0.560. The number of hydroxylamine groups is 1. The fraction of sp³-hybridized carbons (Fsp3) is 0.667. The molecule has 0 spiro atoms. The molecule has 0 aliphatic heterocycles. The minimum absolute atomic E-state index is 0.295. The van der Waals surface area contributed by atoms with Crippen LogP contribution >= 0.6 is 0 Å². The van der Waals surface area contributed by atoms with E-state index in [9.17, 15) is 0 Å². The lowest BCUT2D eigenvalue weighted by Crippen LogP contribution is -2.19. The maximum Gasteiger partial charge on any atom is 0.128 e. The van der Waals surface area contributed by atoms with E-state index in [-0.39, 0.29) is 0 Å². The van der Waals surface area contributed by atoms with Crippen molar-refractivity contribution in [3.63, 3.8) is 0 Å². The van der Waals surface area contributed by atoms with E-state index >= 15 is 0 Å². The van der Waals surface area contributed by atoms with Crippen molar-refractivity contribution in [2.45, 2.75) is 0 Å². The van der Waals surface area contributed by atoms with E-state index in [1.807, 2.05) is 0 Å². The quantitative estimate of drug-likeness (QED) is 0.316. The summed E-state index contributed by atoms with van der Waals surface area (Å²) in [6.07, 6.45) is 4.90. The minimum atomic E-state index is 0.295. The van der Waals surface area contributed by atoms with Gasteiger partial charge < -0.3 is 4.74 Å². The lowest BCUT2D eigenvalue weighted by Gasteiger charge is -1.99. The molecule has 9 heavy (non-hydrogen) atoms. The summed E-state index contributed by atoms with van der Waals surface area (Å²) in [6, 6.07) is 0. The SMILES string of the molecule is C#CCONCCOC. The number of ether oxygens (including phenoxy) is 1. The molecular weight excluding hydrogens is 118 g/mol. The summed E-state index contributed by atoms with van der Waals surface area (Å²) in [4.78, 5) is 4.72. The highest BCUT2D eigenvalue weighted by Gasteiger charge is 1.81. The molecule has 0 bridgehead atoms. The third-order valence-corrected chi connectivity index (χ3v) is 0.666. The highest BCUT2D eigenvalue weighted by molar-refractivity contribution is 4.82. The maximum atomic E-state index is 4.90. The summed E-state index contributed by atoms with van der Waals surface area (Å²) in [6.45, 7) is 1.59. The van der Waals surface area contributed by atoms with Gasteiger partial charge in [-0.25, -0.2) is 0 Å². The molecule has 0 saturated heterocycles. The van der Waals surface area contributed by atoms with Gasteiger partial charge in [0.15, 0.2) is 0 Å². The molecule has 0 radical (unpaired) electrons. The average Bonchev–Trinajstić information content (AvgIpc) is 1.89. The Morgan fingerprint density at radius 1 is 1.67 bits per heavy atom. The molecule has 0 fully saturated rings. The number of nitrogens with one attached hydrogen (secondary N) is 1. The van der Waals surface area contributed by atoms with Gasteiger partial charge >= 0.3 is 0 Å². The summed E-state index contributed by atoms with van der Waals surface area (Å²) in [5, 5.41) is 0. The van der Waals surface area contributed by atoms with E-state index in [4.69, 9.17) is 16.0 Å². The van der Waals surface area contributed by atoms with Gasteiger partial charge in [-0.2, -0.15) is 5.48 Å². The fourth-order valence-electron chi connectivity index (χ4n) is 0.309. The molecule has 0 aromatic rings. The molecule has 1 N–H and O–H groups in total. The molecule has 0 aliphatic carbocycles. The summed E-state index contributed by atoms with van der Waals surface area (Å²) in [5.41, 5.74) is 2.62. The molecule has 0 aliphatic rings. The first-order valence-electron chi connectivity index (χ1n) is 2.69. The monoisotopic (exact) mass is 129 g/mol. The van der Waals surface area contributed by atoms with Crippen molar-refractivity contribution in [2.75, 3.05) is 26.9 Å². The third kappa shape index (κ3) is 7.44. The van der Waals surface area contributed by atoms with Gasteiger partial charge in [-0.15, -0.1) is 6.42 Å². The molecule has 52 valence electrons. The molecule has 0 aromatic heterocycles. The topological polar surface area (TPSA) is 30.5 Å². The van der Waals surface area contributed by atoms with Gasteiger partial charge in [0.25, 0.3) is 0 Å². The zero-order chi connectivity index (χ0) is 6.95. The van der Waals surface area contributed by atoms with Crippen LogP contribution in [-0.2, 0) is 9.57 Å². The average molecular weight is 129 g/mol. The van der Waals surface area contributed by atoms with Crippen LogP contribution in [-0.4, -0.2) is 26.9 Å². The summed E-state index contributed by atoms with van der Waals surface area (Å²) >= 11 is 0. The largest absolute Gasteiger partial charge is 0.383 e. The van der Waals surface area contributed by atoms with Gasteiger partial charge in [0, 0.05) is 13.7 Å². The summed E-state index contributed by atoms with van der Waals surface area (Å²) < 4.78 is 4.73. The molecule has 0 atom stereocenters. The molecule has 3 nitrogen and oxygen atoms in total. The van der Waals surface area contributed by atoms with Crippen LogP contribution in [0.5, 0.6) is 0 Å². The van der Waals surface area contributed by atoms with Crippen molar-refractivity contribution < 1.29 is 9.57 Å². The first kappa shape index (κ1) is 8.44. The first-order valence-corrected chi connectivity index (χ1v) is 2.69. The maximum absolute atomic E-state index is 4.90. The van der Waals surface area contributed by atoms with Gasteiger partial charge in [0.2, 0.25) is 0 Å². The predicted octanol–water partition coefficient (Wildman–Crippen LogP) is -0.213. The Bertz CT molecular complexity index is 87.5. The lowest BCUT2D eigenvalue weighted by molar-refractivity contribution is 0.0480. The zero-order valence-corrected chi connectivity index (χ0v) is 5.52. The van der Waals surface area contributed by atoms with Gasteiger partial charge in [-0.3, -0.25) is 4.84 Å². The summed E-state index contributed by atoms with van der Waals surface area (Å²) in [7, 11) is 1.63. The van der Waals surface area contributed by atoms with Gasteiger partial charge in [0.05, 0.1) is 6.61 Å². The predicted molar refractivity (Wildman–Crippen MR) is 34.7 cm³/mol. The Morgan fingerprint density at radius 2 is 2.44 bits per heavy atom. The Balaban J connectivity index is 2.69.